The van der Waals surface area contributed by atoms with Crippen LogP contribution in [-0.2, 0) is 17.8 Å². The molecule has 0 saturated carbocycles. The van der Waals surface area contributed by atoms with Crippen LogP contribution in [0.2, 0.25) is 0 Å². The Morgan fingerprint density at radius 1 is 1.41 bits per heavy atom. The summed E-state index contributed by atoms with van der Waals surface area (Å²) in [7, 11) is 0. The molecule has 5 nitrogen and oxygen atoms in total. The highest BCUT2D eigenvalue weighted by atomic mass is 16.4. The Hall–Kier alpha value is -2.17. The first-order valence-corrected chi connectivity index (χ1v) is 5.39. The number of aliphatic carboxylic acids is 1. The van der Waals surface area contributed by atoms with Crippen LogP contribution in [0.1, 0.15) is 12.6 Å². The zero-order chi connectivity index (χ0) is 12.3. The van der Waals surface area contributed by atoms with Gasteiger partial charge >= 0.3 is 5.97 Å². The number of imidazole rings is 1. The quantitative estimate of drug-likeness (QED) is 0.867. The van der Waals surface area contributed by atoms with Crippen LogP contribution in [0.3, 0.4) is 0 Å². The van der Waals surface area contributed by atoms with Gasteiger partial charge in [0, 0.05) is 36.4 Å². The minimum absolute atomic E-state index is 0.00801. The van der Waals surface area contributed by atoms with Gasteiger partial charge in [0.05, 0.1) is 6.42 Å². The van der Waals surface area contributed by atoms with Gasteiger partial charge in [-0.05, 0) is 19.1 Å². The summed E-state index contributed by atoms with van der Waals surface area (Å²) in [6.45, 7) is 2.66. The standard InChI is InChI=1S/C12H13N3O2/c1-2-15-10(7-11(16)17)8-14-12(15)9-3-5-13-6-4-9/h3-6,8H,2,7H2,1H3,(H,16,17). The number of carboxylic acid groups (broad SMARTS) is 1. The number of nitrogens with zero attached hydrogens (tertiary/aromatic N) is 3. The van der Waals surface area contributed by atoms with Crippen molar-refractivity contribution < 1.29 is 9.90 Å². The first-order valence-electron chi connectivity index (χ1n) is 5.39. The molecule has 0 aliphatic carbocycles. The molecule has 0 saturated heterocycles. The van der Waals surface area contributed by atoms with Crippen molar-refractivity contribution in [1.29, 1.82) is 0 Å². The fourth-order valence-corrected chi connectivity index (χ4v) is 1.79. The van der Waals surface area contributed by atoms with Crippen LogP contribution in [0.15, 0.2) is 30.7 Å². The van der Waals surface area contributed by atoms with Crippen LogP contribution < -0.4 is 0 Å². The van der Waals surface area contributed by atoms with E-state index in [1.165, 1.54) is 0 Å². The van der Waals surface area contributed by atoms with E-state index < -0.39 is 5.97 Å². The van der Waals surface area contributed by atoms with Crippen molar-refractivity contribution in [2.75, 3.05) is 0 Å². The third kappa shape index (κ3) is 2.33. The molecule has 0 radical (unpaired) electrons. The van der Waals surface area contributed by atoms with Crippen molar-refractivity contribution >= 4 is 5.97 Å². The Balaban J connectivity index is 2.42. The molecule has 0 bridgehead atoms. The fourth-order valence-electron chi connectivity index (χ4n) is 1.79. The molecule has 0 unspecified atom stereocenters. The topological polar surface area (TPSA) is 68.0 Å². The van der Waals surface area contributed by atoms with E-state index in [9.17, 15) is 4.79 Å². The maximum atomic E-state index is 10.7. The van der Waals surface area contributed by atoms with E-state index in [0.29, 0.717) is 12.2 Å². The van der Waals surface area contributed by atoms with Crippen molar-refractivity contribution in [3.8, 4) is 11.4 Å². The molecule has 1 N–H and O–H groups in total. The number of carbonyl (C=O) groups is 1. The van der Waals surface area contributed by atoms with Crippen LogP contribution in [-0.4, -0.2) is 25.6 Å². The highest BCUT2D eigenvalue weighted by Gasteiger charge is 2.12. The lowest BCUT2D eigenvalue weighted by atomic mass is 10.2. The van der Waals surface area contributed by atoms with Crippen LogP contribution >= 0.6 is 0 Å². The average molecular weight is 231 g/mol. The smallest absolute Gasteiger partial charge is 0.309 e. The van der Waals surface area contributed by atoms with Gasteiger partial charge in [0.15, 0.2) is 0 Å². The third-order valence-corrected chi connectivity index (χ3v) is 2.53. The van der Waals surface area contributed by atoms with E-state index in [-0.39, 0.29) is 6.42 Å². The Labute approximate surface area is 98.8 Å². The minimum Gasteiger partial charge on any atom is -0.481 e. The van der Waals surface area contributed by atoms with E-state index in [1.54, 1.807) is 18.6 Å². The summed E-state index contributed by atoms with van der Waals surface area (Å²) >= 11 is 0. The van der Waals surface area contributed by atoms with Gasteiger partial charge in [0.2, 0.25) is 0 Å². The molecule has 0 spiro atoms. The molecule has 2 rings (SSSR count). The van der Waals surface area contributed by atoms with Gasteiger partial charge in [-0.2, -0.15) is 0 Å². The summed E-state index contributed by atoms with van der Waals surface area (Å²) in [5.41, 5.74) is 1.66. The van der Waals surface area contributed by atoms with Gasteiger partial charge in [-0.15, -0.1) is 0 Å². The molecule has 0 amide bonds. The SMILES string of the molecule is CCn1c(CC(=O)O)cnc1-c1ccncc1. The van der Waals surface area contributed by atoms with Crippen LogP contribution in [0, 0.1) is 0 Å². The number of aromatic nitrogens is 3. The van der Waals surface area contributed by atoms with E-state index in [4.69, 9.17) is 5.11 Å². The van der Waals surface area contributed by atoms with Crippen molar-refractivity contribution in [2.45, 2.75) is 19.9 Å². The van der Waals surface area contributed by atoms with Gasteiger partial charge < -0.3 is 9.67 Å². The normalized spacial score (nSPS) is 10.4. The highest BCUT2D eigenvalue weighted by Crippen LogP contribution is 2.19. The summed E-state index contributed by atoms with van der Waals surface area (Å²) in [6, 6.07) is 3.72. The molecule has 0 fully saturated rings. The molecule has 88 valence electrons. The van der Waals surface area contributed by atoms with Crippen LogP contribution in [0.25, 0.3) is 11.4 Å². The zero-order valence-electron chi connectivity index (χ0n) is 9.50. The molecule has 0 atom stereocenters. The average Bonchev–Trinajstić information content (AvgIpc) is 2.72. The van der Waals surface area contributed by atoms with Crippen LogP contribution in [0.5, 0.6) is 0 Å². The molecule has 17 heavy (non-hydrogen) atoms. The molecule has 0 aliphatic rings. The van der Waals surface area contributed by atoms with Gasteiger partial charge in [0.25, 0.3) is 0 Å². The molecular formula is C12H13N3O2. The largest absolute Gasteiger partial charge is 0.481 e. The maximum absolute atomic E-state index is 10.7. The second-order valence-corrected chi connectivity index (χ2v) is 3.62. The van der Waals surface area contributed by atoms with Gasteiger partial charge in [-0.25, -0.2) is 4.98 Å². The van der Waals surface area contributed by atoms with Crippen LogP contribution in [0.4, 0.5) is 0 Å². The van der Waals surface area contributed by atoms with Crippen molar-refractivity contribution in [3.63, 3.8) is 0 Å². The number of pyridine rings is 1. The highest BCUT2D eigenvalue weighted by molar-refractivity contribution is 5.70. The number of hydrogen-bond acceptors (Lipinski definition) is 3. The van der Waals surface area contributed by atoms with Crippen molar-refractivity contribution in [1.82, 2.24) is 14.5 Å². The lowest BCUT2D eigenvalue weighted by Gasteiger charge is -2.07. The van der Waals surface area contributed by atoms with Gasteiger partial charge in [-0.1, -0.05) is 0 Å². The van der Waals surface area contributed by atoms with E-state index >= 15 is 0 Å². The second-order valence-electron chi connectivity index (χ2n) is 3.62. The molecule has 0 aliphatic heterocycles. The maximum Gasteiger partial charge on any atom is 0.309 e. The molecule has 2 aromatic rings. The number of rotatable bonds is 4. The molecular weight excluding hydrogens is 218 g/mol. The summed E-state index contributed by atoms with van der Waals surface area (Å²) in [4.78, 5) is 19.0. The zero-order valence-corrected chi connectivity index (χ0v) is 9.50. The third-order valence-electron chi connectivity index (χ3n) is 2.53. The summed E-state index contributed by atoms with van der Waals surface area (Å²) in [5.74, 6) is -0.0629. The Bertz CT molecular complexity index is 520. The predicted octanol–water partition coefficient (Wildman–Crippen LogP) is 1.59. The molecule has 0 aromatic carbocycles. The molecule has 5 heteroatoms. The summed E-state index contributed by atoms with van der Waals surface area (Å²) in [5, 5.41) is 8.82. The summed E-state index contributed by atoms with van der Waals surface area (Å²) in [6.07, 6.45) is 5.00. The van der Waals surface area contributed by atoms with Gasteiger partial charge in [-0.3, -0.25) is 9.78 Å². The molecule has 2 heterocycles. The van der Waals surface area contributed by atoms with E-state index in [1.807, 2.05) is 23.6 Å². The monoisotopic (exact) mass is 231 g/mol. The first kappa shape index (κ1) is 11.3. The van der Waals surface area contributed by atoms with Gasteiger partial charge in [0.1, 0.15) is 5.82 Å². The Morgan fingerprint density at radius 3 is 2.71 bits per heavy atom. The van der Waals surface area contributed by atoms with Crippen molar-refractivity contribution in [3.05, 3.63) is 36.4 Å². The first-order chi connectivity index (χ1) is 8.22. The van der Waals surface area contributed by atoms with E-state index in [0.717, 1.165) is 11.4 Å². The Kier molecular flexibility index (Phi) is 3.18. The number of hydrogen-bond donors (Lipinski definition) is 1. The molecule has 2 aromatic heterocycles. The number of carboxylic acids is 1. The minimum atomic E-state index is -0.846. The Morgan fingerprint density at radius 2 is 2.12 bits per heavy atom. The fraction of sp³-hybridized carbons (Fsp3) is 0.250. The summed E-state index contributed by atoms with van der Waals surface area (Å²) < 4.78 is 1.91. The lowest BCUT2D eigenvalue weighted by molar-refractivity contribution is -0.136. The van der Waals surface area contributed by atoms with Crippen molar-refractivity contribution in [2.24, 2.45) is 0 Å². The van der Waals surface area contributed by atoms with E-state index in [2.05, 4.69) is 9.97 Å². The second kappa shape index (κ2) is 4.78. The predicted molar refractivity (Wildman–Crippen MR) is 62.5 cm³/mol. The lowest BCUT2D eigenvalue weighted by Crippen LogP contribution is -2.08.